The number of para-hydroxylation sites is 1. The second-order valence-electron chi connectivity index (χ2n) is 6.74. The minimum Gasteiger partial charge on any atom is -0.325 e. The van der Waals surface area contributed by atoms with Crippen molar-refractivity contribution in [3.63, 3.8) is 0 Å². The van der Waals surface area contributed by atoms with Crippen LogP contribution in [-0.2, 0) is 10.9 Å². The Hall–Kier alpha value is -1.68. The van der Waals surface area contributed by atoms with Crippen molar-refractivity contribution in [1.29, 1.82) is 0 Å². The predicted octanol–water partition coefficient (Wildman–Crippen LogP) is 3.78. The van der Waals surface area contributed by atoms with E-state index >= 15 is 0 Å². The van der Waals surface area contributed by atoms with Gasteiger partial charge in [0.25, 0.3) is 8.45 Å². The topological polar surface area (TPSA) is 35.2 Å². The van der Waals surface area contributed by atoms with Crippen LogP contribution in [0.15, 0.2) is 36.7 Å². The number of fused-ring (bicyclic) bond motifs is 5. The van der Waals surface area contributed by atoms with Crippen molar-refractivity contribution in [3.8, 4) is 0 Å². The van der Waals surface area contributed by atoms with Crippen LogP contribution in [0.1, 0.15) is 37.0 Å². The average Bonchev–Trinajstić information content (AvgIpc) is 3.20. The largest absolute Gasteiger partial charge is 0.325 e. The number of aromatic nitrogens is 3. The van der Waals surface area contributed by atoms with Crippen LogP contribution in [0, 0.1) is 0 Å². The summed E-state index contributed by atoms with van der Waals surface area (Å²) in [4.78, 5) is 7.30. The van der Waals surface area contributed by atoms with Crippen LogP contribution in [0.3, 0.4) is 0 Å². The number of benzene rings is 1. The minimum absolute atomic E-state index is 0.213. The van der Waals surface area contributed by atoms with Gasteiger partial charge in [0.05, 0.1) is 11.2 Å². The Morgan fingerprint density at radius 2 is 2.12 bits per heavy atom. The fourth-order valence-electron chi connectivity index (χ4n) is 4.31. The smallest absolute Gasteiger partial charge is 0.258 e. The van der Waals surface area contributed by atoms with Gasteiger partial charge >= 0.3 is 0 Å². The molecule has 124 valence electrons. The van der Waals surface area contributed by atoms with E-state index in [1.165, 1.54) is 22.2 Å². The average molecular weight is 340 g/mol. The lowest BCUT2D eigenvalue weighted by Gasteiger charge is -2.42. The van der Waals surface area contributed by atoms with E-state index in [1.54, 1.807) is 7.11 Å². The van der Waals surface area contributed by atoms with Crippen molar-refractivity contribution in [1.82, 2.24) is 18.6 Å². The van der Waals surface area contributed by atoms with E-state index in [1.807, 2.05) is 6.20 Å². The molecule has 1 unspecified atom stereocenters. The molecule has 6 heteroatoms. The Balaban J connectivity index is 1.89. The molecule has 2 aromatic heterocycles. The van der Waals surface area contributed by atoms with Gasteiger partial charge < -0.3 is 4.52 Å². The zero-order valence-electron chi connectivity index (χ0n) is 14.2. The molecule has 0 aliphatic carbocycles. The van der Waals surface area contributed by atoms with Gasteiger partial charge in [-0.1, -0.05) is 18.2 Å². The van der Waals surface area contributed by atoms with Crippen LogP contribution in [0.25, 0.3) is 10.9 Å². The predicted molar refractivity (Wildman–Crippen MR) is 96.3 cm³/mol. The van der Waals surface area contributed by atoms with Crippen molar-refractivity contribution in [2.45, 2.75) is 32.4 Å². The van der Waals surface area contributed by atoms with Gasteiger partial charge in [-0.05, 0) is 31.9 Å². The highest BCUT2D eigenvalue weighted by Crippen LogP contribution is 2.55. The lowest BCUT2D eigenvalue weighted by molar-refractivity contribution is 0.155. The third-order valence-corrected chi connectivity index (χ3v) is 7.09. The fourth-order valence-corrected chi connectivity index (χ4v) is 6.12. The molecule has 0 bridgehead atoms. The molecule has 2 atom stereocenters. The molecular weight excluding hydrogens is 319 g/mol. The summed E-state index contributed by atoms with van der Waals surface area (Å²) in [6.45, 7) is 5.62. The Kier molecular flexibility index (Phi) is 3.15. The number of imidazole rings is 1. The molecule has 0 spiro atoms. The van der Waals surface area contributed by atoms with Crippen molar-refractivity contribution in [2.24, 2.45) is 0 Å². The van der Waals surface area contributed by atoms with Crippen LogP contribution in [0.5, 0.6) is 0 Å². The van der Waals surface area contributed by atoms with Crippen molar-refractivity contribution in [3.05, 3.63) is 53.7 Å². The van der Waals surface area contributed by atoms with Gasteiger partial charge in [-0.3, -0.25) is 13.6 Å². The first kappa shape index (κ1) is 14.6. The monoisotopic (exact) mass is 340 g/mol. The minimum atomic E-state index is -0.936. The highest BCUT2D eigenvalue weighted by Gasteiger charge is 2.43. The van der Waals surface area contributed by atoms with E-state index in [9.17, 15) is 0 Å². The third kappa shape index (κ3) is 1.72. The zero-order valence-corrected chi connectivity index (χ0v) is 15.1. The fraction of sp³-hybridized carbons (Fsp3) is 0.389. The standard InChI is InChI=1S/C18H21N4OP/c1-12(2)20-10-8-14-13-6-4-5-7-15(13)22-16(14)17(20)18-19-9-11-21(18)24(22)23-3/h4-7,9,11-12,17H,8,10H2,1-3H3/t17-,24?/m0/s1. The molecule has 0 radical (unpaired) electrons. The van der Waals surface area contributed by atoms with E-state index < -0.39 is 8.45 Å². The first-order valence-corrected chi connectivity index (χ1v) is 9.65. The van der Waals surface area contributed by atoms with E-state index in [-0.39, 0.29) is 6.04 Å². The second kappa shape index (κ2) is 5.16. The molecule has 1 aromatic carbocycles. The van der Waals surface area contributed by atoms with Gasteiger partial charge in [-0.25, -0.2) is 4.98 Å². The summed E-state index contributed by atoms with van der Waals surface area (Å²) in [5.41, 5.74) is 4.15. The number of nitrogens with zero attached hydrogens (tertiary/aromatic N) is 4. The van der Waals surface area contributed by atoms with Gasteiger partial charge in [0.2, 0.25) is 0 Å². The van der Waals surface area contributed by atoms with Gasteiger partial charge in [-0.15, -0.1) is 0 Å². The first-order chi connectivity index (χ1) is 11.7. The van der Waals surface area contributed by atoms with Crippen LogP contribution in [0.4, 0.5) is 0 Å². The van der Waals surface area contributed by atoms with Gasteiger partial charge in [0.15, 0.2) is 0 Å². The van der Waals surface area contributed by atoms with E-state index in [2.05, 4.69) is 57.9 Å². The molecule has 0 N–H and O–H groups in total. The lowest BCUT2D eigenvalue weighted by Crippen LogP contribution is -2.43. The summed E-state index contributed by atoms with van der Waals surface area (Å²) < 4.78 is 10.6. The van der Waals surface area contributed by atoms with Crippen LogP contribution >= 0.6 is 8.45 Å². The highest BCUT2D eigenvalue weighted by atomic mass is 31.2. The highest BCUT2D eigenvalue weighted by molar-refractivity contribution is 7.49. The van der Waals surface area contributed by atoms with Crippen molar-refractivity contribution < 1.29 is 4.52 Å². The maximum atomic E-state index is 5.97. The molecule has 0 saturated carbocycles. The molecule has 5 nitrogen and oxygen atoms in total. The molecule has 0 fully saturated rings. The summed E-state index contributed by atoms with van der Waals surface area (Å²) in [6, 6.07) is 9.43. The van der Waals surface area contributed by atoms with Crippen LogP contribution in [-0.4, -0.2) is 38.3 Å². The molecular formula is C18H21N4OP. The van der Waals surface area contributed by atoms with E-state index in [0.717, 1.165) is 18.8 Å². The Morgan fingerprint density at radius 1 is 1.29 bits per heavy atom. The summed E-state index contributed by atoms with van der Waals surface area (Å²) in [5.74, 6) is 1.12. The summed E-state index contributed by atoms with van der Waals surface area (Å²) in [7, 11) is 0.870. The number of hydrogen-bond acceptors (Lipinski definition) is 3. The Morgan fingerprint density at radius 3 is 2.92 bits per heavy atom. The van der Waals surface area contributed by atoms with Crippen LogP contribution < -0.4 is 0 Å². The summed E-state index contributed by atoms with van der Waals surface area (Å²) in [5, 5.41) is 1.37. The van der Waals surface area contributed by atoms with Gasteiger partial charge in [-0.2, -0.15) is 0 Å². The number of hydrogen-bond donors (Lipinski definition) is 0. The zero-order chi connectivity index (χ0) is 16.4. The maximum Gasteiger partial charge on any atom is 0.258 e. The normalized spacial score (nSPS) is 22.8. The van der Waals surface area contributed by atoms with E-state index in [0.29, 0.717) is 6.04 Å². The van der Waals surface area contributed by atoms with Gasteiger partial charge in [0, 0.05) is 37.5 Å². The second-order valence-corrected chi connectivity index (χ2v) is 8.44. The maximum absolute atomic E-state index is 5.97. The number of rotatable bonds is 2. The molecule has 2 aliphatic rings. The van der Waals surface area contributed by atoms with Crippen molar-refractivity contribution in [2.75, 3.05) is 13.7 Å². The molecule has 2 aliphatic heterocycles. The molecule has 0 saturated heterocycles. The Labute approximate surface area is 142 Å². The molecule has 4 heterocycles. The first-order valence-electron chi connectivity index (χ1n) is 8.48. The van der Waals surface area contributed by atoms with Crippen LogP contribution in [0.2, 0.25) is 0 Å². The van der Waals surface area contributed by atoms with Crippen molar-refractivity contribution >= 4 is 19.4 Å². The molecule has 24 heavy (non-hydrogen) atoms. The summed E-state index contributed by atoms with van der Waals surface area (Å²) >= 11 is 0. The quantitative estimate of drug-likeness (QED) is 0.666. The summed E-state index contributed by atoms with van der Waals surface area (Å²) in [6.07, 6.45) is 5.06. The molecule has 0 amide bonds. The SMILES string of the molecule is COP1n2ccnc2[C@@H]2c3c(c4ccccc4n31)CCN2C(C)C. The lowest BCUT2D eigenvalue weighted by atomic mass is 9.95. The third-order valence-electron chi connectivity index (χ3n) is 5.28. The molecule has 5 rings (SSSR count). The Bertz CT molecular complexity index is 928. The van der Waals surface area contributed by atoms with Gasteiger partial charge in [0.1, 0.15) is 11.9 Å². The van der Waals surface area contributed by atoms with E-state index in [4.69, 9.17) is 9.51 Å². The molecule has 3 aromatic rings.